The fourth-order valence-corrected chi connectivity index (χ4v) is 2.94. The lowest BCUT2D eigenvalue weighted by atomic mass is 10.1. The summed E-state index contributed by atoms with van der Waals surface area (Å²) in [5.41, 5.74) is 2.36. The van der Waals surface area contributed by atoms with Gasteiger partial charge >= 0.3 is 0 Å². The number of hydrogen-bond acceptors (Lipinski definition) is 4. The molecule has 0 spiro atoms. The first-order chi connectivity index (χ1) is 12.6. The first-order valence-electron chi connectivity index (χ1n) is 8.66. The quantitative estimate of drug-likeness (QED) is 0.603. The largest absolute Gasteiger partial charge is 0.490 e. The number of nitrogens with zero attached hydrogens (tertiary/aromatic N) is 1. The predicted octanol–water partition coefficient (Wildman–Crippen LogP) is 4.57. The van der Waals surface area contributed by atoms with Crippen LogP contribution in [0.5, 0.6) is 5.75 Å². The number of nitrogens with one attached hydrogen (secondary N) is 1. The van der Waals surface area contributed by atoms with Gasteiger partial charge in [0, 0.05) is 36.0 Å². The summed E-state index contributed by atoms with van der Waals surface area (Å²) in [7, 11) is 1.61. The van der Waals surface area contributed by atoms with E-state index in [0.717, 1.165) is 28.9 Å². The van der Waals surface area contributed by atoms with Crippen molar-refractivity contribution >= 4 is 33.2 Å². The highest BCUT2D eigenvalue weighted by Gasteiger charge is 2.14. The molecular formula is C20H25BrN2O3. The molecule has 6 heteroatoms. The number of amides is 1. The standard InChI is InChI=1S/C20H25BrN2O3/c1-4-23(5-2)17-9-7-16(8-10-17)22-20(24)18-14-15(21)6-11-19(18)26-13-12-25-3/h6-11,14H,4-5,12-13H2,1-3H3,(H,22,24). The predicted molar refractivity (Wildman–Crippen MR) is 109 cm³/mol. The number of anilines is 2. The van der Waals surface area contributed by atoms with Crippen LogP contribution >= 0.6 is 15.9 Å². The minimum absolute atomic E-state index is 0.214. The summed E-state index contributed by atoms with van der Waals surface area (Å²) in [6, 6.07) is 13.2. The molecule has 2 rings (SSSR count). The summed E-state index contributed by atoms with van der Waals surface area (Å²) in [6.45, 7) is 6.99. The van der Waals surface area contributed by atoms with E-state index in [4.69, 9.17) is 9.47 Å². The molecule has 0 saturated heterocycles. The van der Waals surface area contributed by atoms with Crippen LogP contribution in [0.2, 0.25) is 0 Å². The minimum atomic E-state index is -0.214. The van der Waals surface area contributed by atoms with Gasteiger partial charge in [0.05, 0.1) is 12.2 Å². The summed E-state index contributed by atoms with van der Waals surface area (Å²) >= 11 is 3.41. The number of methoxy groups -OCH3 is 1. The summed E-state index contributed by atoms with van der Waals surface area (Å²) in [5, 5.41) is 2.93. The van der Waals surface area contributed by atoms with E-state index in [2.05, 4.69) is 40.0 Å². The monoisotopic (exact) mass is 420 g/mol. The van der Waals surface area contributed by atoms with Gasteiger partial charge in [-0.1, -0.05) is 15.9 Å². The van der Waals surface area contributed by atoms with E-state index >= 15 is 0 Å². The van der Waals surface area contributed by atoms with E-state index in [1.807, 2.05) is 30.3 Å². The molecule has 0 aliphatic carbocycles. The minimum Gasteiger partial charge on any atom is -0.490 e. The summed E-state index contributed by atoms with van der Waals surface area (Å²) in [5.74, 6) is 0.316. The number of benzene rings is 2. The molecule has 0 bridgehead atoms. The van der Waals surface area contributed by atoms with E-state index in [1.54, 1.807) is 19.2 Å². The molecule has 5 nitrogen and oxygen atoms in total. The van der Waals surface area contributed by atoms with Crippen molar-refractivity contribution in [3.63, 3.8) is 0 Å². The average molecular weight is 421 g/mol. The van der Waals surface area contributed by atoms with Crippen LogP contribution in [0.15, 0.2) is 46.9 Å². The molecular weight excluding hydrogens is 396 g/mol. The van der Waals surface area contributed by atoms with Gasteiger partial charge in [-0.3, -0.25) is 4.79 Å². The van der Waals surface area contributed by atoms with Crippen LogP contribution in [0.1, 0.15) is 24.2 Å². The first kappa shape index (κ1) is 20.3. The number of carbonyl (C=O) groups excluding carboxylic acids is 1. The molecule has 26 heavy (non-hydrogen) atoms. The molecule has 0 radical (unpaired) electrons. The van der Waals surface area contributed by atoms with Gasteiger partial charge in [-0.2, -0.15) is 0 Å². The van der Waals surface area contributed by atoms with Crippen LogP contribution in [-0.4, -0.2) is 39.3 Å². The van der Waals surface area contributed by atoms with Crippen molar-refractivity contribution in [3.8, 4) is 5.75 Å². The Hall–Kier alpha value is -2.05. The zero-order chi connectivity index (χ0) is 18.9. The molecule has 0 heterocycles. The van der Waals surface area contributed by atoms with Gasteiger partial charge in [0.25, 0.3) is 5.91 Å². The molecule has 140 valence electrons. The lowest BCUT2D eigenvalue weighted by Crippen LogP contribution is -2.21. The fourth-order valence-electron chi connectivity index (χ4n) is 2.58. The van der Waals surface area contributed by atoms with Crippen LogP contribution in [0.25, 0.3) is 0 Å². The van der Waals surface area contributed by atoms with Crippen LogP contribution in [0, 0.1) is 0 Å². The highest BCUT2D eigenvalue weighted by Crippen LogP contribution is 2.25. The zero-order valence-electron chi connectivity index (χ0n) is 15.4. The smallest absolute Gasteiger partial charge is 0.259 e. The van der Waals surface area contributed by atoms with E-state index in [1.165, 1.54) is 0 Å². The van der Waals surface area contributed by atoms with Crippen molar-refractivity contribution in [1.29, 1.82) is 0 Å². The highest BCUT2D eigenvalue weighted by molar-refractivity contribution is 9.10. The Balaban J connectivity index is 2.12. The first-order valence-corrected chi connectivity index (χ1v) is 9.46. The fraction of sp³-hybridized carbons (Fsp3) is 0.350. The maximum absolute atomic E-state index is 12.7. The molecule has 1 N–H and O–H groups in total. The van der Waals surface area contributed by atoms with Crippen molar-refractivity contribution < 1.29 is 14.3 Å². The van der Waals surface area contributed by atoms with Crippen molar-refractivity contribution in [2.45, 2.75) is 13.8 Å². The summed E-state index contributed by atoms with van der Waals surface area (Å²) < 4.78 is 11.5. The third kappa shape index (κ3) is 5.47. The molecule has 0 aromatic heterocycles. The van der Waals surface area contributed by atoms with Gasteiger partial charge in [-0.05, 0) is 56.3 Å². The molecule has 1 amide bonds. The second-order valence-electron chi connectivity index (χ2n) is 5.66. The molecule has 0 saturated carbocycles. The summed E-state index contributed by atoms with van der Waals surface area (Å²) in [6.07, 6.45) is 0. The molecule has 0 atom stereocenters. The Morgan fingerprint density at radius 2 is 1.77 bits per heavy atom. The number of carbonyl (C=O) groups is 1. The topological polar surface area (TPSA) is 50.8 Å². The maximum atomic E-state index is 12.7. The lowest BCUT2D eigenvalue weighted by Gasteiger charge is -2.21. The van der Waals surface area contributed by atoms with Crippen LogP contribution < -0.4 is 15.0 Å². The van der Waals surface area contributed by atoms with E-state index < -0.39 is 0 Å². The van der Waals surface area contributed by atoms with Crippen molar-refractivity contribution in [2.75, 3.05) is 43.6 Å². The number of rotatable bonds is 9. The highest BCUT2D eigenvalue weighted by atomic mass is 79.9. The molecule has 0 aliphatic heterocycles. The second-order valence-corrected chi connectivity index (χ2v) is 6.57. The van der Waals surface area contributed by atoms with E-state index in [9.17, 15) is 4.79 Å². The van der Waals surface area contributed by atoms with Crippen LogP contribution in [-0.2, 0) is 4.74 Å². The Morgan fingerprint density at radius 3 is 2.38 bits per heavy atom. The second kappa shape index (κ2) is 10.2. The van der Waals surface area contributed by atoms with Gasteiger partial charge in [-0.25, -0.2) is 0 Å². The van der Waals surface area contributed by atoms with Gasteiger partial charge in [0.1, 0.15) is 12.4 Å². The van der Waals surface area contributed by atoms with Crippen molar-refractivity contribution in [3.05, 3.63) is 52.5 Å². The lowest BCUT2D eigenvalue weighted by molar-refractivity contribution is 0.101. The normalized spacial score (nSPS) is 10.5. The van der Waals surface area contributed by atoms with E-state index in [-0.39, 0.29) is 5.91 Å². The summed E-state index contributed by atoms with van der Waals surface area (Å²) in [4.78, 5) is 14.9. The maximum Gasteiger partial charge on any atom is 0.259 e. The van der Waals surface area contributed by atoms with Crippen molar-refractivity contribution in [2.24, 2.45) is 0 Å². The van der Waals surface area contributed by atoms with Gasteiger partial charge in [-0.15, -0.1) is 0 Å². The number of halogens is 1. The molecule has 0 unspecified atom stereocenters. The van der Waals surface area contributed by atoms with E-state index in [0.29, 0.717) is 24.5 Å². The van der Waals surface area contributed by atoms with Crippen molar-refractivity contribution in [1.82, 2.24) is 0 Å². The number of ether oxygens (including phenoxy) is 2. The third-order valence-corrected chi connectivity index (χ3v) is 4.48. The third-order valence-electron chi connectivity index (χ3n) is 3.99. The molecule has 0 fully saturated rings. The van der Waals surface area contributed by atoms with Gasteiger partial charge < -0.3 is 19.7 Å². The Morgan fingerprint density at radius 1 is 1.08 bits per heavy atom. The number of hydrogen-bond donors (Lipinski definition) is 1. The SMILES string of the molecule is CCN(CC)c1ccc(NC(=O)c2cc(Br)ccc2OCCOC)cc1. The van der Waals surface area contributed by atoms with Crippen LogP contribution in [0.3, 0.4) is 0 Å². The van der Waals surface area contributed by atoms with Crippen LogP contribution in [0.4, 0.5) is 11.4 Å². The average Bonchev–Trinajstić information content (AvgIpc) is 2.65. The van der Waals surface area contributed by atoms with Gasteiger partial charge in [0.2, 0.25) is 0 Å². The van der Waals surface area contributed by atoms with Gasteiger partial charge in [0.15, 0.2) is 0 Å². The Labute approximate surface area is 163 Å². The Kier molecular flexibility index (Phi) is 7.94. The molecule has 2 aromatic rings. The molecule has 0 aliphatic rings. The molecule has 2 aromatic carbocycles. The zero-order valence-corrected chi connectivity index (χ0v) is 17.0. The Bertz CT molecular complexity index is 715.